The fourth-order valence-electron chi connectivity index (χ4n) is 4.55. The second kappa shape index (κ2) is 8.32. The molecule has 3 rings (SSSR count). The van der Waals surface area contributed by atoms with E-state index in [9.17, 15) is 8.42 Å². The summed E-state index contributed by atoms with van der Waals surface area (Å²) in [6.45, 7) is 14.3. The molecule has 0 spiro atoms. The Labute approximate surface area is 187 Å². The van der Waals surface area contributed by atoms with E-state index < -0.39 is 32.9 Å². The Morgan fingerprint density at radius 3 is 1.94 bits per heavy atom. The number of hydrogen-bond donors (Lipinski definition) is 0. The Morgan fingerprint density at radius 1 is 0.903 bits per heavy atom. The van der Waals surface area contributed by atoms with Gasteiger partial charge < -0.3 is 0 Å². The van der Waals surface area contributed by atoms with Crippen molar-refractivity contribution in [3.63, 3.8) is 0 Å². The minimum absolute atomic E-state index is 0.192. The van der Waals surface area contributed by atoms with Crippen LogP contribution in [0.5, 0.6) is 0 Å². The van der Waals surface area contributed by atoms with E-state index in [2.05, 4.69) is 53.7 Å². The highest BCUT2D eigenvalue weighted by molar-refractivity contribution is 7.86. The second-order valence-electron chi connectivity index (χ2n) is 10.3. The molecule has 1 heterocycles. The molecule has 0 unspecified atom stereocenters. The van der Waals surface area contributed by atoms with Gasteiger partial charge in [-0.05, 0) is 79.0 Å². The van der Waals surface area contributed by atoms with Gasteiger partial charge in [-0.2, -0.15) is 13.5 Å². The van der Waals surface area contributed by atoms with Crippen LogP contribution in [0, 0.1) is 6.92 Å². The van der Waals surface area contributed by atoms with Crippen molar-refractivity contribution in [3.8, 4) is 0 Å². The van der Waals surface area contributed by atoms with E-state index in [4.69, 9.17) is 9.02 Å². The minimum atomic E-state index is -3.83. The molecule has 0 amide bonds. The van der Waals surface area contributed by atoms with Crippen molar-refractivity contribution in [2.75, 3.05) is 0 Å². The van der Waals surface area contributed by atoms with Crippen LogP contribution < -0.4 is 0 Å². The maximum absolute atomic E-state index is 12.9. The van der Waals surface area contributed by atoms with Gasteiger partial charge in [-0.1, -0.05) is 48.0 Å². The third-order valence-electron chi connectivity index (χ3n) is 5.91. The maximum Gasteiger partial charge on any atom is 0.297 e. The molecule has 31 heavy (non-hydrogen) atoms. The van der Waals surface area contributed by atoms with E-state index in [1.807, 2.05) is 30.2 Å². The lowest BCUT2D eigenvalue weighted by atomic mass is 9.84. The molecule has 0 aromatic heterocycles. The van der Waals surface area contributed by atoms with Gasteiger partial charge in [0.15, 0.2) is 0 Å². The van der Waals surface area contributed by atoms with Gasteiger partial charge in [0.1, 0.15) is 5.60 Å². The van der Waals surface area contributed by atoms with E-state index in [-0.39, 0.29) is 4.90 Å². The van der Waals surface area contributed by atoms with E-state index in [0.717, 1.165) is 11.1 Å². The van der Waals surface area contributed by atoms with Crippen LogP contribution >= 0.6 is 0 Å². The first-order valence-electron chi connectivity index (χ1n) is 10.8. The van der Waals surface area contributed by atoms with Crippen molar-refractivity contribution in [3.05, 3.63) is 65.7 Å². The first-order chi connectivity index (χ1) is 14.2. The molecule has 0 radical (unpaired) electrons. The molecule has 1 saturated heterocycles. The molecule has 6 heteroatoms. The number of nitrogens with zero attached hydrogens (tertiary/aromatic N) is 1. The van der Waals surface area contributed by atoms with E-state index in [1.54, 1.807) is 24.3 Å². The SMILES string of the molecule is Cc1ccc(S(=O)(=O)OC2CC(C)(C)[15N](OC(C)(C)c3ccccc3)C(C)(C)C2)cc1. The van der Waals surface area contributed by atoms with Crippen LogP contribution in [-0.2, 0) is 24.7 Å². The van der Waals surface area contributed by atoms with Crippen molar-refractivity contribution < 1.29 is 17.4 Å². The minimum Gasteiger partial charge on any atom is -0.287 e. The van der Waals surface area contributed by atoms with Crippen LogP contribution in [0.1, 0.15) is 65.5 Å². The zero-order valence-electron chi connectivity index (χ0n) is 19.7. The second-order valence-corrected chi connectivity index (χ2v) is 11.9. The number of hydrogen-bond acceptors (Lipinski definition) is 5. The highest BCUT2D eigenvalue weighted by atomic mass is 32.2. The fourth-order valence-corrected chi connectivity index (χ4v) is 5.62. The van der Waals surface area contributed by atoms with Gasteiger partial charge >= 0.3 is 0 Å². The van der Waals surface area contributed by atoms with Gasteiger partial charge in [0.05, 0.1) is 11.0 Å². The lowest BCUT2D eigenvalue weighted by molar-refractivity contribution is -0.339. The van der Waals surface area contributed by atoms with Gasteiger partial charge in [-0.3, -0.25) is 9.02 Å². The summed E-state index contributed by atoms with van der Waals surface area (Å²) in [5.41, 5.74) is 0.703. The summed E-state index contributed by atoms with van der Waals surface area (Å²) in [4.78, 5) is 6.79. The fraction of sp³-hybridized carbons (Fsp3) is 0.520. The lowest BCUT2D eigenvalue weighted by Crippen LogP contribution is -2.63. The molecule has 2 aromatic rings. The van der Waals surface area contributed by atoms with Crippen molar-refractivity contribution >= 4 is 10.1 Å². The van der Waals surface area contributed by atoms with Gasteiger partial charge in [0, 0.05) is 11.1 Å². The van der Waals surface area contributed by atoms with Gasteiger partial charge in [-0.25, -0.2) is 0 Å². The zero-order chi connectivity index (χ0) is 23.1. The molecule has 0 atom stereocenters. The summed E-state index contributed by atoms with van der Waals surface area (Å²) in [6.07, 6.45) is 0.634. The predicted molar refractivity (Wildman–Crippen MR) is 123 cm³/mol. The van der Waals surface area contributed by atoms with Gasteiger partial charge in [0.2, 0.25) is 0 Å². The molecule has 170 valence electrons. The quantitative estimate of drug-likeness (QED) is 0.428. The average molecular weight is 447 g/mol. The molecule has 0 saturated carbocycles. The van der Waals surface area contributed by atoms with Crippen LogP contribution in [0.3, 0.4) is 0 Å². The molecule has 0 aliphatic carbocycles. The first kappa shape index (κ1) is 23.9. The van der Waals surface area contributed by atoms with E-state index in [1.165, 1.54) is 0 Å². The monoisotopic (exact) mass is 446 g/mol. The number of aryl methyl sites for hydroxylation is 1. The summed E-state index contributed by atoms with van der Waals surface area (Å²) in [7, 11) is -3.83. The van der Waals surface area contributed by atoms with Crippen molar-refractivity contribution in [1.29, 1.82) is 0 Å². The van der Waals surface area contributed by atoms with Crippen LogP contribution in [0.25, 0.3) is 0 Å². The molecular formula is C25H35NO4S. The summed E-state index contributed by atoms with van der Waals surface area (Å²) in [5, 5.41) is 2.03. The van der Waals surface area contributed by atoms with E-state index >= 15 is 0 Å². The molecular weight excluding hydrogens is 411 g/mol. The highest BCUT2D eigenvalue weighted by Crippen LogP contribution is 2.43. The van der Waals surface area contributed by atoms with Crippen LogP contribution in [0.15, 0.2) is 59.5 Å². The van der Waals surface area contributed by atoms with Gasteiger partial charge in [0.25, 0.3) is 10.1 Å². The molecule has 1 aliphatic rings. The number of benzene rings is 2. The molecule has 0 bridgehead atoms. The standard InChI is InChI=1S/C25H35NO4S/c1-19-13-15-22(16-14-19)31(27,28)29-21-17-23(2,3)26(24(4,5)18-21)30-25(6,7)20-11-9-8-10-12-20/h8-16,21H,17-18H2,1-7H3/i26+1. The van der Waals surface area contributed by atoms with Crippen LogP contribution in [0.4, 0.5) is 0 Å². The lowest BCUT2D eigenvalue weighted by Gasteiger charge is -2.55. The Morgan fingerprint density at radius 2 is 1.42 bits per heavy atom. The normalized spacial score (nSPS) is 20.0. The Bertz CT molecular complexity index is 978. The van der Waals surface area contributed by atoms with Crippen molar-refractivity contribution in [2.24, 2.45) is 0 Å². The van der Waals surface area contributed by atoms with Crippen LogP contribution in [0.2, 0.25) is 0 Å². The first-order valence-corrected chi connectivity index (χ1v) is 12.2. The predicted octanol–water partition coefficient (Wildman–Crippen LogP) is 5.59. The number of hydroxylamine groups is 2. The Kier molecular flexibility index (Phi) is 6.42. The summed E-state index contributed by atoms with van der Waals surface area (Å²) >= 11 is 0. The largest absolute Gasteiger partial charge is 0.297 e. The molecule has 1 aliphatic heterocycles. The smallest absolute Gasteiger partial charge is 0.287 e. The van der Waals surface area contributed by atoms with Crippen molar-refractivity contribution in [2.45, 2.75) is 89.0 Å². The molecule has 2 aromatic carbocycles. The third-order valence-corrected chi connectivity index (χ3v) is 7.29. The van der Waals surface area contributed by atoms with E-state index in [0.29, 0.717) is 12.8 Å². The highest BCUT2D eigenvalue weighted by Gasteiger charge is 2.50. The Hall–Kier alpha value is -1.73. The Balaban J connectivity index is 1.80. The van der Waals surface area contributed by atoms with Crippen LogP contribution in [-0.4, -0.2) is 30.7 Å². The number of rotatable bonds is 6. The maximum atomic E-state index is 12.9. The molecule has 1 fully saturated rings. The summed E-state index contributed by atoms with van der Waals surface area (Å²) < 4.78 is 31.5. The zero-order valence-corrected chi connectivity index (χ0v) is 20.5. The summed E-state index contributed by atoms with van der Waals surface area (Å²) in [5.74, 6) is 0. The average Bonchev–Trinajstić information content (AvgIpc) is 2.65. The topological polar surface area (TPSA) is 55.8 Å². The van der Waals surface area contributed by atoms with Crippen molar-refractivity contribution in [1.82, 2.24) is 5.06 Å². The summed E-state index contributed by atoms with van der Waals surface area (Å²) in [6, 6.07) is 16.9. The number of piperidine rings is 1. The van der Waals surface area contributed by atoms with Gasteiger partial charge in [-0.15, -0.1) is 0 Å². The third kappa shape index (κ3) is 5.37. The molecule has 5 nitrogen and oxygen atoms in total. The molecule has 0 N–H and O–H groups in total.